The summed E-state index contributed by atoms with van der Waals surface area (Å²) in [6, 6.07) is -0.516. The Hall–Kier alpha value is -1.10. The minimum atomic E-state index is -0.516. The number of carbonyl (C=O) groups excluding carboxylic acids is 2. The van der Waals surface area contributed by atoms with Gasteiger partial charge in [-0.05, 0) is 19.8 Å². The third-order valence-corrected chi connectivity index (χ3v) is 2.28. The van der Waals surface area contributed by atoms with Crippen LogP contribution >= 0.6 is 0 Å². The molecule has 0 aromatic heterocycles. The molecule has 1 aliphatic rings. The topological polar surface area (TPSA) is 83.5 Å². The van der Waals surface area contributed by atoms with E-state index in [1.807, 2.05) is 0 Å². The number of nitrogens with zero attached hydrogens (tertiary/aromatic N) is 1. The lowest BCUT2D eigenvalue weighted by molar-refractivity contribution is -0.149. The SMILES string of the molecule is CCOC(=O)C1CC[N]C(C(N)=O)C1. The molecule has 79 valence electrons. The zero-order chi connectivity index (χ0) is 10.6. The summed E-state index contributed by atoms with van der Waals surface area (Å²) < 4.78 is 4.88. The summed E-state index contributed by atoms with van der Waals surface area (Å²) in [7, 11) is 0. The predicted molar refractivity (Wildman–Crippen MR) is 49.3 cm³/mol. The van der Waals surface area contributed by atoms with Crippen LogP contribution < -0.4 is 11.1 Å². The number of amides is 1. The van der Waals surface area contributed by atoms with Gasteiger partial charge < -0.3 is 10.5 Å². The van der Waals surface area contributed by atoms with Gasteiger partial charge >= 0.3 is 5.97 Å². The number of rotatable bonds is 3. The fraction of sp³-hybridized carbons (Fsp3) is 0.778. The van der Waals surface area contributed by atoms with E-state index >= 15 is 0 Å². The highest BCUT2D eigenvalue weighted by Crippen LogP contribution is 2.18. The van der Waals surface area contributed by atoms with Crippen LogP contribution in [0.15, 0.2) is 0 Å². The number of ether oxygens (including phenoxy) is 1. The summed E-state index contributed by atoms with van der Waals surface area (Å²) in [5, 5.41) is 4.04. The second kappa shape index (κ2) is 4.95. The molecule has 0 saturated carbocycles. The maximum atomic E-state index is 11.4. The maximum Gasteiger partial charge on any atom is 0.309 e. The van der Waals surface area contributed by atoms with Gasteiger partial charge in [0.1, 0.15) is 6.04 Å². The molecule has 0 spiro atoms. The van der Waals surface area contributed by atoms with Gasteiger partial charge in [0.05, 0.1) is 12.5 Å². The van der Waals surface area contributed by atoms with Crippen LogP contribution in [0, 0.1) is 5.92 Å². The second-order valence-electron chi connectivity index (χ2n) is 3.30. The van der Waals surface area contributed by atoms with Gasteiger partial charge in [-0.1, -0.05) is 0 Å². The van der Waals surface area contributed by atoms with Crippen molar-refractivity contribution in [2.24, 2.45) is 11.7 Å². The molecule has 1 amide bonds. The molecule has 0 aromatic carbocycles. The first-order valence-corrected chi connectivity index (χ1v) is 4.77. The normalized spacial score (nSPS) is 26.9. The largest absolute Gasteiger partial charge is 0.466 e. The molecule has 1 fully saturated rings. The van der Waals surface area contributed by atoms with Crippen molar-refractivity contribution in [2.75, 3.05) is 13.2 Å². The smallest absolute Gasteiger partial charge is 0.309 e. The van der Waals surface area contributed by atoms with E-state index in [2.05, 4.69) is 5.32 Å². The molecule has 0 aliphatic carbocycles. The van der Waals surface area contributed by atoms with Crippen LogP contribution in [0.3, 0.4) is 0 Å². The number of primary amides is 1. The monoisotopic (exact) mass is 199 g/mol. The first-order valence-electron chi connectivity index (χ1n) is 4.77. The Balaban J connectivity index is 2.47. The number of hydrogen-bond acceptors (Lipinski definition) is 3. The standard InChI is InChI=1S/C9H15N2O3/c1-2-14-9(13)6-3-4-11-7(5-6)8(10)12/h6-7H,2-5H2,1H3,(H2,10,12). The summed E-state index contributed by atoms with van der Waals surface area (Å²) in [6.07, 6.45) is 1.05. The molecule has 1 radical (unpaired) electrons. The summed E-state index contributed by atoms with van der Waals surface area (Å²) in [5.74, 6) is -0.919. The van der Waals surface area contributed by atoms with E-state index in [0.717, 1.165) is 0 Å². The molecule has 1 rings (SSSR count). The Morgan fingerprint density at radius 1 is 1.57 bits per heavy atom. The average Bonchev–Trinajstić information content (AvgIpc) is 2.18. The lowest BCUT2D eigenvalue weighted by Gasteiger charge is -2.25. The van der Waals surface area contributed by atoms with E-state index in [0.29, 0.717) is 26.0 Å². The van der Waals surface area contributed by atoms with E-state index in [4.69, 9.17) is 10.5 Å². The van der Waals surface area contributed by atoms with Crippen molar-refractivity contribution in [2.45, 2.75) is 25.8 Å². The van der Waals surface area contributed by atoms with E-state index in [9.17, 15) is 9.59 Å². The summed E-state index contributed by atoms with van der Waals surface area (Å²) in [4.78, 5) is 22.2. The Morgan fingerprint density at radius 2 is 2.29 bits per heavy atom. The number of piperidine rings is 1. The van der Waals surface area contributed by atoms with E-state index < -0.39 is 11.9 Å². The van der Waals surface area contributed by atoms with Crippen LogP contribution in [0.25, 0.3) is 0 Å². The minimum absolute atomic E-state index is 0.218. The third kappa shape index (κ3) is 2.70. The highest BCUT2D eigenvalue weighted by molar-refractivity contribution is 5.81. The first kappa shape index (κ1) is 11.0. The zero-order valence-electron chi connectivity index (χ0n) is 8.23. The molecule has 0 aromatic rings. The lowest BCUT2D eigenvalue weighted by Crippen LogP contribution is -2.44. The van der Waals surface area contributed by atoms with Gasteiger partial charge in [-0.25, -0.2) is 5.32 Å². The molecule has 2 N–H and O–H groups in total. The van der Waals surface area contributed by atoms with Gasteiger partial charge in [-0.2, -0.15) is 0 Å². The zero-order valence-corrected chi connectivity index (χ0v) is 8.23. The van der Waals surface area contributed by atoms with Crippen molar-refractivity contribution in [3.8, 4) is 0 Å². The fourth-order valence-corrected chi connectivity index (χ4v) is 1.53. The van der Waals surface area contributed by atoms with Gasteiger partial charge in [-0.3, -0.25) is 9.59 Å². The van der Waals surface area contributed by atoms with Crippen LogP contribution in [0.1, 0.15) is 19.8 Å². The molecule has 5 heteroatoms. The van der Waals surface area contributed by atoms with Crippen LogP contribution in [-0.4, -0.2) is 31.1 Å². The molecule has 14 heavy (non-hydrogen) atoms. The van der Waals surface area contributed by atoms with Gasteiger partial charge in [0.15, 0.2) is 0 Å². The van der Waals surface area contributed by atoms with Crippen molar-refractivity contribution >= 4 is 11.9 Å². The van der Waals surface area contributed by atoms with Crippen molar-refractivity contribution in [3.63, 3.8) is 0 Å². The third-order valence-electron chi connectivity index (χ3n) is 2.28. The van der Waals surface area contributed by atoms with Crippen LogP contribution in [0.5, 0.6) is 0 Å². The van der Waals surface area contributed by atoms with Crippen molar-refractivity contribution in [3.05, 3.63) is 0 Å². The maximum absolute atomic E-state index is 11.4. The highest BCUT2D eigenvalue weighted by atomic mass is 16.5. The molecule has 1 heterocycles. The summed E-state index contributed by atoms with van der Waals surface area (Å²) in [5.41, 5.74) is 5.12. The van der Waals surface area contributed by atoms with E-state index in [1.54, 1.807) is 6.92 Å². The van der Waals surface area contributed by atoms with Crippen LogP contribution in [0.4, 0.5) is 0 Å². The molecule has 2 unspecified atom stereocenters. The van der Waals surface area contributed by atoms with Gasteiger partial charge in [0, 0.05) is 6.54 Å². The molecular formula is C9H15N2O3. The second-order valence-corrected chi connectivity index (χ2v) is 3.30. The summed E-state index contributed by atoms with van der Waals surface area (Å²) >= 11 is 0. The fourth-order valence-electron chi connectivity index (χ4n) is 1.53. The van der Waals surface area contributed by atoms with Crippen LogP contribution in [-0.2, 0) is 14.3 Å². The van der Waals surface area contributed by atoms with Gasteiger partial charge in [-0.15, -0.1) is 0 Å². The minimum Gasteiger partial charge on any atom is -0.466 e. The number of carbonyl (C=O) groups is 2. The Labute approximate surface area is 83.0 Å². The lowest BCUT2D eigenvalue weighted by atomic mass is 9.92. The van der Waals surface area contributed by atoms with Crippen LogP contribution in [0.2, 0.25) is 0 Å². The number of esters is 1. The van der Waals surface area contributed by atoms with Crippen molar-refractivity contribution in [1.82, 2.24) is 5.32 Å². The Kier molecular flexibility index (Phi) is 3.88. The first-order chi connectivity index (χ1) is 6.65. The molecular weight excluding hydrogens is 184 g/mol. The molecule has 5 nitrogen and oxygen atoms in total. The van der Waals surface area contributed by atoms with Crippen molar-refractivity contribution < 1.29 is 14.3 Å². The van der Waals surface area contributed by atoms with E-state index in [1.165, 1.54) is 0 Å². The Morgan fingerprint density at radius 3 is 2.86 bits per heavy atom. The number of nitrogens with two attached hydrogens (primary N) is 1. The number of hydrogen-bond donors (Lipinski definition) is 1. The molecule has 1 saturated heterocycles. The molecule has 1 aliphatic heterocycles. The highest BCUT2D eigenvalue weighted by Gasteiger charge is 2.31. The van der Waals surface area contributed by atoms with E-state index in [-0.39, 0.29) is 11.9 Å². The van der Waals surface area contributed by atoms with Crippen molar-refractivity contribution in [1.29, 1.82) is 0 Å². The average molecular weight is 199 g/mol. The predicted octanol–water partition coefficient (Wildman–Crippen LogP) is -0.582. The van der Waals surface area contributed by atoms with Gasteiger partial charge in [0.25, 0.3) is 0 Å². The summed E-state index contributed by atoms with van der Waals surface area (Å²) in [6.45, 7) is 2.64. The molecule has 0 bridgehead atoms. The Bertz CT molecular complexity index is 230. The van der Waals surface area contributed by atoms with Gasteiger partial charge in [0.2, 0.25) is 5.91 Å². The molecule has 2 atom stereocenters. The quantitative estimate of drug-likeness (QED) is 0.617.